The normalized spacial score (nSPS) is 11.2. The number of hydrogen-bond acceptors (Lipinski definition) is 3. The van der Waals surface area contributed by atoms with E-state index in [-0.39, 0.29) is 0 Å². The number of unbranched alkanes of at least 4 members (excludes halogenated alkanes) is 8. The summed E-state index contributed by atoms with van der Waals surface area (Å²) < 4.78 is 0. The fourth-order valence-electron chi connectivity index (χ4n) is 3.27. The third kappa shape index (κ3) is 7.69. The molecule has 1 heterocycles. The van der Waals surface area contributed by atoms with Crippen molar-refractivity contribution in [3.05, 3.63) is 35.5 Å². The molecular weight excluding hydrogens is 320 g/mol. The fourth-order valence-corrected chi connectivity index (χ4v) is 3.27. The molecule has 0 unspecified atom stereocenters. The van der Waals surface area contributed by atoms with Gasteiger partial charge >= 0.3 is 0 Å². The molecule has 0 amide bonds. The molecule has 26 heavy (non-hydrogen) atoms. The molecule has 0 saturated carbocycles. The summed E-state index contributed by atoms with van der Waals surface area (Å²) in [7, 11) is 0. The van der Waals surface area contributed by atoms with Gasteiger partial charge in [-0.2, -0.15) is 0 Å². The Hall–Kier alpha value is -1.68. The van der Waals surface area contributed by atoms with E-state index in [1.54, 1.807) is 0 Å². The lowest BCUT2D eigenvalue weighted by molar-refractivity contribution is 0.549. The highest BCUT2D eigenvalue weighted by Crippen LogP contribution is 2.20. The van der Waals surface area contributed by atoms with Crippen LogP contribution in [0.15, 0.2) is 24.3 Å². The van der Waals surface area contributed by atoms with Gasteiger partial charge in [0.2, 0.25) is 0 Å². The maximum absolute atomic E-state index is 4.26. The number of aryl methyl sites for hydroxylation is 1. The quantitative estimate of drug-likeness (QED) is 0.443. The molecule has 0 aliphatic heterocycles. The number of H-pyrrole nitrogens is 1. The number of benzene rings is 1. The van der Waals surface area contributed by atoms with Gasteiger partial charge in [0.1, 0.15) is 5.69 Å². The first-order valence-corrected chi connectivity index (χ1v) is 10.5. The Bertz CT molecular complexity index is 588. The monoisotopic (exact) mass is 356 g/mol. The van der Waals surface area contributed by atoms with Crippen molar-refractivity contribution in [2.45, 2.75) is 78.1 Å². The maximum Gasteiger partial charge on any atom is 0.116 e. The van der Waals surface area contributed by atoms with Crippen LogP contribution in [0.1, 0.15) is 76.0 Å². The van der Waals surface area contributed by atoms with E-state index in [0.717, 1.165) is 36.5 Å². The molecule has 0 fully saturated rings. The van der Waals surface area contributed by atoms with E-state index in [2.05, 4.69) is 58.8 Å². The largest absolute Gasteiger partial charge is 0.316 e. The average molecular weight is 357 g/mol. The van der Waals surface area contributed by atoms with Crippen LogP contribution >= 0.6 is 0 Å². The molecule has 144 valence electrons. The first-order valence-electron chi connectivity index (χ1n) is 10.5. The van der Waals surface area contributed by atoms with Crippen molar-refractivity contribution < 1.29 is 0 Å². The van der Waals surface area contributed by atoms with E-state index in [0.29, 0.717) is 0 Å². The molecule has 1 aromatic carbocycles. The summed E-state index contributed by atoms with van der Waals surface area (Å²) in [5, 5.41) is 14.9. The standard InChI is InChI=1S/C22H36N4/c1-3-4-5-6-7-8-9-10-11-17-23-18-16-21-22(25-26-24-21)20-14-12-19(2)13-15-20/h12-15,23H,3-11,16-18H2,1-2H3,(H,24,25,26). The van der Waals surface area contributed by atoms with Crippen LogP contribution in [-0.4, -0.2) is 28.5 Å². The van der Waals surface area contributed by atoms with E-state index in [1.807, 2.05) is 0 Å². The summed E-state index contributed by atoms with van der Waals surface area (Å²) in [6.07, 6.45) is 13.4. The van der Waals surface area contributed by atoms with Crippen LogP contribution in [-0.2, 0) is 6.42 Å². The predicted octanol–water partition coefficient (Wildman–Crippen LogP) is 5.44. The van der Waals surface area contributed by atoms with Crippen LogP contribution in [0.3, 0.4) is 0 Å². The Kier molecular flexibility index (Phi) is 10.0. The van der Waals surface area contributed by atoms with Crippen LogP contribution in [0.5, 0.6) is 0 Å². The molecule has 0 spiro atoms. The van der Waals surface area contributed by atoms with Gasteiger partial charge in [-0.05, 0) is 19.9 Å². The van der Waals surface area contributed by atoms with Crippen molar-refractivity contribution in [1.82, 2.24) is 20.7 Å². The van der Waals surface area contributed by atoms with Crippen molar-refractivity contribution in [2.24, 2.45) is 0 Å². The molecule has 4 heteroatoms. The summed E-state index contributed by atoms with van der Waals surface area (Å²) >= 11 is 0. The van der Waals surface area contributed by atoms with Gasteiger partial charge < -0.3 is 5.32 Å². The fraction of sp³-hybridized carbons (Fsp3) is 0.636. The second-order valence-corrected chi connectivity index (χ2v) is 7.33. The average Bonchev–Trinajstić information content (AvgIpc) is 3.12. The Balaban J connectivity index is 1.53. The predicted molar refractivity (Wildman–Crippen MR) is 110 cm³/mol. The Morgan fingerprint density at radius 2 is 1.50 bits per heavy atom. The number of aromatic amines is 1. The first kappa shape index (κ1) is 20.6. The molecule has 0 aliphatic rings. The van der Waals surface area contributed by atoms with E-state index in [9.17, 15) is 0 Å². The van der Waals surface area contributed by atoms with Crippen molar-refractivity contribution in [3.63, 3.8) is 0 Å². The van der Waals surface area contributed by atoms with E-state index in [4.69, 9.17) is 0 Å². The lowest BCUT2D eigenvalue weighted by atomic mass is 10.1. The molecular formula is C22H36N4. The summed E-state index contributed by atoms with van der Waals surface area (Å²) in [6.45, 7) is 6.46. The molecule has 1 aromatic heterocycles. The van der Waals surface area contributed by atoms with Gasteiger partial charge in [0.25, 0.3) is 0 Å². The Morgan fingerprint density at radius 1 is 0.846 bits per heavy atom. The number of rotatable bonds is 14. The van der Waals surface area contributed by atoms with E-state index >= 15 is 0 Å². The van der Waals surface area contributed by atoms with Gasteiger partial charge in [0, 0.05) is 18.5 Å². The van der Waals surface area contributed by atoms with Crippen LogP contribution in [0.25, 0.3) is 11.3 Å². The minimum Gasteiger partial charge on any atom is -0.316 e. The highest BCUT2D eigenvalue weighted by atomic mass is 15.3. The lowest BCUT2D eigenvalue weighted by Crippen LogP contribution is -2.18. The SMILES string of the molecule is CCCCCCCCCCCNCCc1[nH]nnc1-c1ccc(C)cc1. The number of nitrogens with one attached hydrogen (secondary N) is 2. The molecule has 0 saturated heterocycles. The summed E-state index contributed by atoms with van der Waals surface area (Å²) in [4.78, 5) is 0. The minimum absolute atomic E-state index is 0.938. The molecule has 2 rings (SSSR count). The zero-order valence-corrected chi connectivity index (χ0v) is 16.7. The van der Waals surface area contributed by atoms with Crippen molar-refractivity contribution in [1.29, 1.82) is 0 Å². The van der Waals surface area contributed by atoms with Gasteiger partial charge in [-0.15, -0.1) is 5.10 Å². The molecule has 0 atom stereocenters. The number of hydrogen-bond donors (Lipinski definition) is 2. The highest BCUT2D eigenvalue weighted by molar-refractivity contribution is 5.61. The van der Waals surface area contributed by atoms with Crippen LogP contribution in [0.2, 0.25) is 0 Å². The number of aromatic nitrogens is 3. The molecule has 2 aromatic rings. The molecule has 4 nitrogen and oxygen atoms in total. The third-order valence-electron chi connectivity index (χ3n) is 4.95. The maximum atomic E-state index is 4.26. The molecule has 0 bridgehead atoms. The number of nitrogens with zero attached hydrogens (tertiary/aromatic N) is 2. The van der Waals surface area contributed by atoms with E-state index in [1.165, 1.54) is 63.4 Å². The van der Waals surface area contributed by atoms with E-state index < -0.39 is 0 Å². The summed E-state index contributed by atoms with van der Waals surface area (Å²) in [5.41, 5.74) is 4.50. The summed E-state index contributed by atoms with van der Waals surface area (Å²) in [6, 6.07) is 8.48. The van der Waals surface area contributed by atoms with Gasteiger partial charge in [0.15, 0.2) is 0 Å². The van der Waals surface area contributed by atoms with Gasteiger partial charge in [-0.25, -0.2) is 0 Å². The van der Waals surface area contributed by atoms with Crippen LogP contribution in [0.4, 0.5) is 0 Å². The van der Waals surface area contributed by atoms with Crippen molar-refractivity contribution >= 4 is 0 Å². The van der Waals surface area contributed by atoms with Gasteiger partial charge in [-0.3, -0.25) is 5.10 Å². The topological polar surface area (TPSA) is 53.6 Å². The third-order valence-corrected chi connectivity index (χ3v) is 4.95. The van der Waals surface area contributed by atoms with Crippen LogP contribution in [0, 0.1) is 6.92 Å². The van der Waals surface area contributed by atoms with Gasteiger partial charge in [-0.1, -0.05) is 93.3 Å². The van der Waals surface area contributed by atoms with Crippen molar-refractivity contribution in [3.8, 4) is 11.3 Å². The van der Waals surface area contributed by atoms with Crippen LogP contribution < -0.4 is 5.32 Å². The molecule has 2 N–H and O–H groups in total. The second kappa shape index (κ2) is 12.6. The molecule has 0 radical (unpaired) electrons. The highest BCUT2D eigenvalue weighted by Gasteiger charge is 2.09. The first-order chi connectivity index (χ1) is 12.8. The minimum atomic E-state index is 0.938. The smallest absolute Gasteiger partial charge is 0.116 e. The Morgan fingerprint density at radius 3 is 2.19 bits per heavy atom. The lowest BCUT2D eigenvalue weighted by Gasteiger charge is -2.06. The van der Waals surface area contributed by atoms with Crippen molar-refractivity contribution in [2.75, 3.05) is 13.1 Å². The van der Waals surface area contributed by atoms with Gasteiger partial charge in [0.05, 0.1) is 5.69 Å². The molecule has 0 aliphatic carbocycles. The second-order valence-electron chi connectivity index (χ2n) is 7.33. The zero-order chi connectivity index (χ0) is 18.5. The summed E-state index contributed by atoms with van der Waals surface area (Å²) in [5.74, 6) is 0. The zero-order valence-electron chi connectivity index (χ0n) is 16.7. The Labute approximate surface area is 159 Å².